The third-order valence-corrected chi connectivity index (χ3v) is 3.53. The van der Waals surface area contributed by atoms with E-state index in [1.807, 2.05) is 13.8 Å². The summed E-state index contributed by atoms with van der Waals surface area (Å²) in [6.45, 7) is 4.06. The van der Waals surface area contributed by atoms with Crippen molar-refractivity contribution in [1.29, 1.82) is 0 Å². The highest BCUT2D eigenvalue weighted by molar-refractivity contribution is 9.10. The summed E-state index contributed by atoms with van der Waals surface area (Å²) in [5.74, 6) is 0.158. The summed E-state index contributed by atoms with van der Waals surface area (Å²) in [4.78, 5) is 25.0. The van der Waals surface area contributed by atoms with Gasteiger partial charge in [-0.1, -0.05) is 0 Å². The molecule has 0 atom stereocenters. The van der Waals surface area contributed by atoms with Crippen LogP contribution in [0.25, 0.3) is 0 Å². The van der Waals surface area contributed by atoms with Crippen LogP contribution in [0.1, 0.15) is 24.2 Å². The van der Waals surface area contributed by atoms with Gasteiger partial charge in [0.2, 0.25) is 5.91 Å². The highest BCUT2D eigenvalue weighted by atomic mass is 79.9. The van der Waals surface area contributed by atoms with Gasteiger partial charge in [0.1, 0.15) is 5.75 Å². The normalized spacial score (nSPS) is 10.9. The lowest BCUT2D eigenvalue weighted by Gasteiger charge is -2.24. The van der Waals surface area contributed by atoms with Crippen molar-refractivity contribution in [2.24, 2.45) is 5.73 Å². The fraction of sp³-hybridized carbons (Fsp3) is 0.429. The maximum atomic E-state index is 12.2. The van der Waals surface area contributed by atoms with E-state index in [0.29, 0.717) is 11.3 Å². The van der Waals surface area contributed by atoms with Gasteiger partial charge in [-0.05, 0) is 48.0 Å². The lowest BCUT2D eigenvalue weighted by atomic mass is 10.1. The van der Waals surface area contributed by atoms with Crippen molar-refractivity contribution in [3.8, 4) is 5.75 Å². The van der Waals surface area contributed by atoms with Gasteiger partial charge in [0.25, 0.3) is 0 Å². The molecule has 20 heavy (non-hydrogen) atoms. The zero-order valence-corrected chi connectivity index (χ0v) is 13.4. The lowest BCUT2D eigenvalue weighted by molar-refractivity contribution is -0.119. The van der Waals surface area contributed by atoms with Gasteiger partial charge in [-0.2, -0.15) is 0 Å². The van der Waals surface area contributed by atoms with E-state index in [1.54, 1.807) is 30.2 Å². The molecule has 0 aliphatic rings. The number of hydrogen-bond donors (Lipinski definition) is 1. The van der Waals surface area contributed by atoms with Gasteiger partial charge < -0.3 is 10.5 Å². The van der Waals surface area contributed by atoms with E-state index >= 15 is 0 Å². The average Bonchev–Trinajstić information content (AvgIpc) is 2.37. The van der Waals surface area contributed by atoms with Crippen LogP contribution in [-0.2, 0) is 4.79 Å². The molecule has 0 radical (unpaired) electrons. The van der Waals surface area contributed by atoms with Crippen LogP contribution in [0.2, 0.25) is 0 Å². The highest BCUT2D eigenvalue weighted by Gasteiger charge is 2.18. The Labute approximate surface area is 127 Å². The monoisotopic (exact) mass is 342 g/mol. The van der Waals surface area contributed by atoms with Crippen LogP contribution >= 0.6 is 15.9 Å². The Morgan fingerprint density at radius 3 is 2.45 bits per heavy atom. The smallest absolute Gasteiger partial charge is 0.231 e. The van der Waals surface area contributed by atoms with Gasteiger partial charge >= 0.3 is 0 Å². The molecule has 0 aliphatic heterocycles. The standard InChI is InChI=1S/C14H19BrN2O3/c1-9(2)17(8-14(16)19)7-12(18)10-4-5-13(20-3)11(15)6-10/h4-6,9H,7-8H2,1-3H3,(H2,16,19). The van der Waals surface area contributed by atoms with Crippen molar-refractivity contribution in [2.75, 3.05) is 20.2 Å². The van der Waals surface area contributed by atoms with E-state index in [-0.39, 0.29) is 24.9 Å². The second-order valence-electron chi connectivity index (χ2n) is 4.74. The first kappa shape index (κ1) is 16.7. The molecule has 0 saturated heterocycles. The van der Waals surface area contributed by atoms with Crippen molar-refractivity contribution in [3.63, 3.8) is 0 Å². The Hall–Kier alpha value is -1.40. The van der Waals surface area contributed by atoms with E-state index in [4.69, 9.17) is 10.5 Å². The van der Waals surface area contributed by atoms with E-state index in [2.05, 4.69) is 15.9 Å². The number of hydrogen-bond acceptors (Lipinski definition) is 4. The summed E-state index contributed by atoms with van der Waals surface area (Å²) in [7, 11) is 1.56. The van der Waals surface area contributed by atoms with Gasteiger partial charge in [-0.3, -0.25) is 14.5 Å². The van der Waals surface area contributed by atoms with E-state index in [9.17, 15) is 9.59 Å². The molecule has 6 heteroatoms. The van der Waals surface area contributed by atoms with Crippen LogP contribution in [0.15, 0.2) is 22.7 Å². The van der Waals surface area contributed by atoms with Crippen LogP contribution in [0.3, 0.4) is 0 Å². The van der Waals surface area contributed by atoms with Crippen LogP contribution in [0, 0.1) is 0 Å². The van der Waals surface area contributed by atoms with Gasteiger partial charge in [-0.25, -0.2) is 0 Å². The van der Waals surface area contributed by atoms with Gasteiger partial charge in [0, 0.05) is 11.6 Å². The van der Waals surface area contributed by atoms with Crippen LogP contribution in [0.5, 0.6) is 5.75 Å². The Kier molecular flexibility index (Phi) is 6.16. The SMILES string of the molecule is COc1ccc(C(=O)CN(CC(N)=O)C(C)C)cc1Br. The summed E-state index contributed by atoms with van der Waals surface area (Å²) in [5.41, 5.74) is 5.75. The minimum absolute atomic E-state index is 0.0631. The Morgan fingerprint density at radius 1 is 1.35 bits per heavy atom. The molecule has 1 rings (SSSR count). The molecule has 0 aliphatic carbocycles. The second-order valence-corrected chi connectivity index (χ2v) is 5.59. The third kappa shape index (κ3) is 4.61. The maximum Gasteiger partial charge on any atom is 0.231 e. The molecule has 0 aromatic heterocycles. The summed E-state index contributed by atoms with van der Waals surface area (Å²) in [6.07, 6.45) is 0. The molecule has 0 saturated carbocycles. The summed E-state index contributed by atoms with van der Waals surface area (Å²) >= 11 is 3.35. The van der Waals surface area contributed by atoms with Crippen LogP contribution in [0.4, 0.5) is 0 Å². The number of methoxy groups -OCH3 is 1. The third-order valence-electron chi connectivity index (χ3n) is 2.91. The maximum absolute atomic E-state index is 12.2. The van der Waals surface area contributed by atoms with Gasteiger partial charge in [-0.15, -0.1) is 0 Å². The Balaban J connectivity index is 2.83. The minimum Gasteiger partial charge on any atom is -0.496 e. The Bertz CT molecular complexity index is 503. The number of ketones is 1. The molecule has 110 valence electrons. The number of ether oxygens (including phenoxy) is 1. The summed E-state index contributed by atoms with van der Waals surface area (Å²) in [5, 5.41) is 0. The molecule has 1 aromatic carbocycles. The largest absolute Gasteiger partial charge is 0.496 e. The van der Waals surface area contributed by atoms with Gasteiger partial charge in [0.15, 0.2) is 5.78 Å². The number of primary amides is 1. The second kappa shape index (κ2) is 7.40. The fourth-order valence-electron chi connectivity index (χ4n) is 1.74. The first-order valence-electron chi connectivity index (χ1n) is 6.24. The zero-order valence-electron chi connectivity index (χ0n) is 11.9. The number of rotatable bonds is 7. The Morgan fingerprint density at radius 2 is 2.00 bits per heavy atom. The van der Waals surface area contributed by atoms with E-state index in [0.717, 1.165) is 4.47 Å². The fourth-order valence-corrected chi connectivity index (χ4v) is 2.28. The van der Waals surface area contributed by atoms with Gasteiger partial charge in [0.05, 0.1) is 24.7 Å². The molecule has 0 spiro atoms. The van der Waals surface area contributed by atoms with Crippen molar-refractivity contribution < 1.29 is 14.3 Å². The quantitative estimate of drug-likeness (QED) is 0.767. The summed E-state index contributed by atoms with van der Waals surface area (Å²) < 4.78 is 5.84. The molecule has 0 fully saturated rings. The number of carbonyl (C=O) groups excluding carboxylic acids is 2. The summed E-state index contributed by atoms with van der Waals surface area (Å²) in [6, 6.07) is 5.21. The zero-order chi connectivity index (χ0) is 15.3. The minimum atomic E-state index is -0.442. The topological polar surface area (TPSA) is 72.6 Å². The number of carbonyl (C=O) groups is 2. The number of amides is 1. The van der Waals surface area contributed by atoms with E-state index < -0.39 is 5.91 Å². The number of nitrogens with two attached hydrogens (primary N) is 1. The number of Topliss-reactive ketones (excluding diaryl/α,β-unsaturated/α-hetero) is 1. The first-order chi connectivity index (χ1) is 9.35. The van der Waals surface area contributed by atoms with Crippen molar-refractivity contribution in [3.05, 3.63) is 28.2 Å². The highest BCUT2D eigenvalue weighted by Crippen LogP contribution is 2.25. The molecule has 5 nitrogen and oxygen atoms in total. The molecule has 1 amide bonds. The predicted molar refractivity (Wildman–Crippen MR) is 80.9 cm³/mol. The lowest BCUT2D eigenvalue weighted by Crippen LogP contribution is -2.41. The molecule has 1 aromatic rings. The van der Waals surface area contributed by atoms with E-state index in [1.165, 1.54) is 0 Å². The molecule has 0 unspecified atom stereocenters. The van der Waals surface area contributed by atoms with Crippen molar-refractivity contribution in [2.45, 2.75) is 19.9 Å². The van der Waals surface area contributed by atoms with Crippen molar-refractivity contribution in [1.82, 2.24) is 4.90 Å². The van der Waals surface area contributed by atoms with Crippen molar-refractivity contribution >= 4 is 27.6 Å². The number of benzene rings is 1. The predicted octanol–water partition coefficient (Wildman–Crippen LogP) is 1.84. The first-order valence-corrected chi connectivity index (χ1v) is 7.03. The average molecular weight is 343 g/mol. The molecule has 2 N–H and O–H groups in total. The van der Waals surface area contributed by atoms with Crippen LogP contribution < -0.4 is 10.5 Å². The van der Waals surface area contributed by atoms with Crippen LogP contribution in [-0.4, -0.2) is 42.8 Å². The number of nitrogens with zero attached hydrogens (tertiary/aromatic N) is 1. The number of halogens is 1. The molecule has 0 bridgehead atoms. The molecule has 0 heterocycles. The molecular weight excluding hydrogens is 324 g/mol. The molecular formula is C14H19BrN2O3.